The highest BCUT2D eigenvalue weighted by Crippen LogP contribution is 2.15. The lowest BCUT2D eigenvalue weighted by atomic mass is 10.2. The number of rotatable bonds is 3. The molecule has 2 heterocycles. The summed E-state index contributed by atoms with van der Waals surface area (Å²) in [5, 5.41) is 7.16. The number of carbonyl (C=O) groups excluding carboxylic acids is 1. The zero-order valence-electron chi connectivity index (χ0n) is 13.8. The Morgan fingerprint density at radius 1 is 1.25 bits per heavy atom. The minimum Gasteiger partial charge on any atom is -0.347 e. The normalized spacial score (nSPS) is 19.8. The van der Waals surface area contributed by atoms with Gasteiger partial charge in [-0.2, -0.15) is 5.10 Å². The molecule has 1 aromatic heterocycles. The van der Waals surface area contributed by atoms with Crippen LogP contribution in [0.3, 0.4) is 0 Å². The van der Waals surface area contributed by atoms with E-state index in [-0.39, 0.29) is 23.5 Å². The summed E-state index contributed by atoms with van der Waals surface area (Å²) in [6, 6.07) is 9.26. The number of carbonyl (C=O) groups is 1. The predicted molar refractivity (Wildman–Crippen MR) is 92.2 cm³/mol. The van der Waals surface area contributed by atoms with Crippen molar-refractivity contribution in [2.75, 3.05) is 11.5 Å². The first-order chi connectivity index (χ1) is 11.3. The molecule has 1 amide bonds. The highest BCUT2D eigenvalue weighted by atomic mass is 32.2. The van der Waals surface area contributed by atoms with Gasteiger partial charge in [0.05, 0.1) is 17.2 Å². The van der Waals surface area contributed by atoms with Crippen LogP contribution in [0, 0.1) is 13.8 Å². The van der Waals surface area contributed by atoms with Gasteiger partial charge in [-0.25, -0.2) is 13.1 Å². The number of aromatic nitrogens is 2. The summed E-state index contributed by atoms with van der Waals surface area (Å²) in [6.07, 6.45) is 1.27. The maximum Gasteiger partial charge on any atom is 0.272 e. The lowest BCUT2D eigenvalue weighted by Gasteiger charge is -2.22. The van der Waals surface area contributed by atoms with Crippen molar-refractivity contribution in [2.24, 2.45) is 0 Å². The third-order valence-corrected chi connectivity index (χ3v) is 6.02. The summed E-state index contributed by atoms with van der Waals surface area (Å²) in [4.78, 5) is 12.4. The number of nitrogens with one attached hydrogen (secondary N) is 1. The second kappa shape index (κ2) is 6.39. The van der Waals surface area contributed by atoms with Crippen molar-refractivity contribution in [1.29, 1.82) is 0 Å². The van der Waals surface area contributed by atoms with Crippen molar-refractivity contribution >= 4 is 15.7 Å². The first-order valence-corrected chi connectivity index (χ1v) is 9.81. The van der Waals surface area contributed by atoms with E-state index in [0.29, 0.717) is 18.5 Å². The Bertz CT molecular complexity index is 854. The highest BCUT2D eigenvalue weighted by Gasteiger charge is 2.27. The van der Waals surface area contributed by atoms with Gasteiger partial charge in [0.15, 0.2) is 15.5 Å². The van der Waals surface area contributed by atoms with Crippen LogP contribution in [-0.2, 0) is 9.84 Å². The molecule has 1 saturated heterocycles. The van der Waals surface area contributed by atoms with Crippen molar-refractivity contribution in [1.82, 2.24) is 15.1 Å². The van der Waals surface area contributed by atoms with Gasteiger partial charge in [-0.15, -0.1) is 0 Å². The first-order valence-electron chi connectivity index (χ1n) is 7.99. The molecule has 1 fully saturated rings. The quantitative estimate of drug-likeness (QED) is 0.918. The molecular formula is C17H21N3O3S. The Kier molecular flexibility index (Phi) is 4.45. The molecule has 3 rings (SSSR count). The van der Waals surface area contributed by atoms with E-state index in [9.17, 15) is 13.2 Å². The van der Waals surface area contributed by atoms with E-state index in [4.69, 9.17) is 0 Å². The molecular weight excluding hydrogens is 326 g/mol. The molecule has 0 aliphatic carbocycles. The molecule has 0 saturated carbocycles. The smallest absolute Gasteiger partial charge is 0.272 e. The summed E-state index contributed by atoms with van der Waals surface area (Å²) in [5.74, 6) is -0.109. The van der Waals surface area contributed by atoms with E-state index in [2.05, 4.69) is 10.4 Å². The fourth-order valence-electron chi connectivity index (χ4n) is 2.93. The van der Waals surface area contributed by atoms with Gasteiger partial charge in [-0.3, -0.25) is 4.79 Å². The number of hydrogen-bond acceptors (Lipinski definition) is 4. The highest BCUT2D eigenvalue weighted by molar-refractivity contribution is 7.91. The summed E-state index contributed by atoms with van der Waals surface area (Å²) < 4.78 is 25.1. The Balaban J connectivity index is 1.76. The Hall–Kier alpha value is -2.15. The lowest BCUT2D eigenvalue weighted by Crippen LogP contribution is -2.43. The van der Waals surface area contributed by atoms with Crippen LogP contribution in [0.4, 0.5) is 0 Å². The second-order valence-electron chi connectivity index (χ2n) is 6.35. The average Bonchev–Trinajstić information content (AvgIpc) is 2.89. The molecule has 1 aliphatic heterocycles. The largest absolute Gasteiger partial charge is 0.347 e. The monoisotopic (exact) mass is 347 g/mol. The third-order valence-electron chi connectivity index (χ3n) is 4.20. The Labute approximate surface area is 141 Å². The minimum atomic E-state index is -3.05. The molecule has 1 aliphatic rings. The van der Waals surface area contributed by atoms with E-state index < -0.39 is 9.84 Å². The molecule has 0 bridgehead atoms. The number of amides is 1. The van der Waals surface area contributed by atoms with E-state index in [1.54, 1.807) is 10.7 Å². The van der Waals surface area contributed by atoms with Crippen LogP contribution < -0.4 is 5.32 Å². The van der Waals surface area contributed by atoms with E-state index in [0.717, 1.165) is 16.9 Å². The van der Waals surface area contributed by atoms with Crippen LogP contribution in [0.25, 0.3) is 5.69 Å². The van der Waals surface area contributed by atoms with Crippen LogP contribution in [0.5, 0.6) is 0 Å². The summed E-state index contributed by atoms with van der Waals surface area (Å²) in [5.41, 5.74) is 3.19. The molecule has 0 radical (unpaired) electrons. The summed E-state index contributed by atoms with van der Waals surface area (Å²) in [7, 11) is -3.05. The second-order valence-corrected chi connectivity index (χ2v) is 8.57. The van der Waals surface area contributed by atoms with Gasteiger partial charge in [0.25, 0.3) is 5.91 Å². The van der Waals surface area contributed by atoms with Crippen LogP contribution in [0.15, 0.2) is 30.3 Å². The molecule has 1 N–H and O–H groups in total. The van der Waals surface area contributed by atoms with Gasteiger partial charge in [0.2, 0.25) is 0 Å². The lowest BCUT2D eigenvalue weighted by molar-refractivity contribution is 0.0933. The third kappa shape index (κ3) is 3.67. The fraction of sp³-hybridized carbons (Fsp3) is 0.412. The first kappa shape index (κ1) is 16.7. The van der Waals surface area contributed by atoms with E-state index in [1.807, 2.05) is 38.1 Å². The minimum absolute atomic E-state index is 0.0103. The fourth-order valence-corrected chi connectivity index (χ4v) is 4.56. The maximum absolute atomic E-state index is 12.4. The van der Waals surface area contributed by atoms with Gasteiger partial charge < -0.3 is 5.32 Å². The van der Waals surface area contributed by atoms with Crippen molar-refractivity contribution in [3.63, 3.8) is 0 Å². The van der Waals surface area contributed by atoms with Crippen molar-refractivity contribution in [2.45, 2.75) is 32.7 Å². The zero-order chi connectivity index (χ0) is 17.3. The van der Waals surface area contributed by atoms with Crippen LogP contribution >= 0.6 is 0 Å². The van der Waals surface area contributed by atoms with Gasteiger partial charge in [0, 0.05) is 11.7 Å². The van der Waals surface area contributed by atoms with Gasteiger partial charge in [0.1, 0.15) is 0 Å². The predicted octanol–water partition coefficient (Wildman–Crippen LogP) is 1.80. The zero-order valence-corrected chi connectivity index (χ0v) is 14.6. The molecule has 1 atom stereocenters. The van der Waals surface area contributed by atoms with E-state index in [1.165, 1.54) is 0 Å². The van der Waals surface area contributed by atoms with Crippen molar-refractivity contribution < 1.29 is 13.2 Å². The van der Waals surface area contributed by atoms with Crippen molar-refractivity contribution in [3.05, 3.63) is 47.3 Å². The van der Waals surface area contributed by atoms with Gasteiger partial charge >= 0.3 is 0 Å². The van der Waals surface area contributed by atoms with E-state index >= 15 is 0 Å². The summed E-state index contributed by atoms with van der Waals surface area (Å²) >= 11 is 0. The molecule has 6 nitrogen and oxygen atoms in total. The van der Waals surface area contributed by atoms with Crippen LogP contribution in [0.2, 0.25) is 0 Å². The standard InChI is InChI=1S/C17H21N3O3S/c1-12-5-7-15(8-6-12)20-13(2)10-16(19-20)17(21)18-14-4-3-9-24(22,23)11-14/h5-8,10,14H,3-4,9,11H2,1-2H3,(H,18,21). The molecule has 0 spiro atoms. The molecule has 1 aromatic carbocycles. The topological polar surface area (TPSA) is 81.1 Å². The number of nitrogens with zero attached hydrogens (tertiary/aromatic N) is 2. The number of benzene rings is 1. The number of hydrogen-bond donors (Lipinski definition) is 1. The van der Waals surface area contributed by atoms with Crippen LogP contribution in [0.1, 0.15) is 34.6 Å². The van der Waals surface area contributed by atoms with Crippen LogP contribution in [-0.4, -0.2) is 41.7 Å². The number of sulfone groups is 1. The number of aryl methyl sites for hydroxylation is 2. The molecule has 7 heteroatoms. The maximum atomic E-state index is 12.4. The average molecular weight is 347 g/mol. The van der Waals surface area contributed by atoms with Crippen molar-refractivity contribution in [3.8, 4) is 5.69 Å². The molecule has 2 aromatic rings. The molecule has 128 valence electrons. The summed E-state index contributed by atoms with van der Waals surface area (Å²) in [6.45, 7) is 3.89. The Morgan fingerprint density at radius 2 is 1.96 bits per heavy atom. The van der Waals surface area contributed by atoms with Gasteiger partial charge in [-0.1, -0.05) is 17.7 Å². The molecule has 24 heavy (non-hydrogen) atoms. The SMILES string of the molecule is Cc1ccc(-n2nc(C(=O)NC3CCCS(=O)(=O)C3)cc2C)cc1. The molecule has 1 unspecified atom stereocenters. The van der Waals surface area contributed by atoms with Gasteiger partial charge in [-0.05, 0) is 44.9 Å². The Morgan fingerprint density at radius 3 is 2.62 bits per heavy atom.